The molecular weight excluding hydrogens is 1460 g/mol. The van der Waals surface area contributed by atoms with Crippen LogP contribution in [-0.4, -0.2) is 95.9 Å². The van der Waals surface area contributed by atoms with Gasteiger partial charge in [0.25, 0.3) is 0 Å². The van der Waals surface area contributed by atoms with Crippen molar-refractivity contribution >= 4 is 33.6 Å². The van der Waals surface area contributed by atoms with Gasteiger partial charge in [-0.1, -0.05) is 400 Å². The SMILES string of the molecule is CC/C=C\C/C=C\C/C=C\C/C=C\C/C=C\CCCCCCCCCCCCCCCCCC(=O)OCC(COP(=O)(O)OCC(O)COP(=O)(O)OCC(O)COC(=O)CCCCCCCCCCCCCCCCCCC/C=C\C/C=C\C/C=C\C/C=C\CCCCC)OC(=O)CCCCCCCCCCCCCCC. The molecule has 0 bridgehead atoms. The average molecular weight is 1630 g/mol. The van der Waals surface area contributed by atoms with Gasteiger partial charge < -0.3 is 34.2 Å². The lowest BCUT2D eigenvalue weighted by Gasteiger charge is -2.21. The van der Waals surface area contributed by atoms with Crippen molar-refractivity contribution in [2.24, 2.45) is 0 Å². The maximum absolute atomic E-state index is 13.0. The van der Waals surface area contributed by atoms with E-state index in [9.17, 15) is 43.5 Å². The maximum atomic E-state index is 13.0. The molecule has 5 unspecified atom stereocenters. The topological polar surface area (TPSA) is 231 Å². The molecule has 0 spiro atoms. The number of hydrogen-bond acceptors (Lipinski definition) is 14. The molecule has 0 saturated carbocycles. The molecule has 656 valence electrons. The van der Waals surface area contributed by atoms with Gasteiger partial charge in [0.2, 0.25) is 0 Å². The predicted octanol–water partition coefficient (Wildman–Crippen LogP) is 28.2. The van der Waals surface area contributed by atoms with Gasteiger partial charge in [-0.05, 0) is 109 Å². The van der Waals surface area contributed by atoms with E-state index in [1.165, 1.54) is 244 Å². The van der Waals surface area contributed by atoms with E-state index in [1.54, 1.807) is 0 Å². The monoisotopic (exact) mass is 1630 g/mol. The number of aliphatic hydroxyl groups excluding tert-OH is 2. The highest BCUT2D eigenvalue weighted by Crippen LogP contribution is 2.45. The van der Waals surface area contributed by atoms with Crippen LogP contribution < -0.4 is 0 Å². The second-order valence-electron chi connectivity index (χ2n) is 31.1. The van der Waals surface area contributed by atoms with Gasteiger partial charge in [-0.3, -0.25) is 32.5 Å². The van der Waals surface area contributed by atoms with Crippen LogP contribution in [0.5, 0.6) is 0 Å². The van der Waals surface area contributed by atoms with Gasteiger partial charge in [0.15, 0.2) is 6.10 Å². The Morgan fingerprint density at radius 1 is 0.257 bits per heavy atom. The standard InChI is InChI=1S/C95H170O16P2/c1-4-7-10-13-16-19-22-25-27-29-31-33-35-37-39-41-43-44-46-48-49-51-53-55-57-59-61-64-66-69-72-75-78-81-93(98)105-84-90(96)85-107-112(101,102)108-86-91(97)87-109-113(103,104)110-89-92(111-95(100)83-80-77-74-71-68-63-24-21-18-15-12-9-6-3)88-106-94(99)82-79-76-73-70-67-65-62-60-58-56-54-52-50-47-45-42-40-38-36-34-32-30-28-26-23-20-17-14-11-8-5-2/h8,11,16-17,19-20,25-28,31-34,37-40,90-92,96-97H,4-7,9-10,12-15,18,21-24,29-30,35-36,41-89H2,1-3H3,(H,101,102)(H,103,104)/b11-8-,19-16-,20-17-,27-25-,28-26-,33-31-,34-32-,39-37-,40-38-. The van der Waals surface area contributed by atoms with Crippen molar-refractivity contribution < 1.29 is 75.8 Å². The van der Waals surface area contributed by atoms with Crippen molar-refractivity contribution in [2.75, 3.05) is 39.6 Å². The molecule has 0 aromatic heterocycles. The number of allylic oxidation sites excluding steroid dienone is 18. The summed E-state index contributed by atoms with van der Waals surface area (Å²) in [4.78, 5) is 58.9. The van der Waals surface area contributed by atoms with Crippen molar-refractivity contribution in [3.63, 3.8) is 0 Å². The number of carbonyl (C=O) groups is 3. The zero-order chi connectivity index (χ0) is 82.2. The van der Waals surface area contributed by atoms with Gasteiger partial charge in [0.1, 0.15) is 25.4 Å². The third kappa shape index (κ3) is 88.9. The maximum Gasteiger partial charge on any atom is 0.472 e. The molecule has 0 aliphatic carbocycles. The average Bonchev–Trinajstić information content (AvgIpc) is 0.887. The van der Waals surface area contributed by atoms with E-state index in [-0.39, 0.29) is 19.3 Å². The number of esters is 3. The Kier molecular flexibility index (Phi) is 84.6. The Bertz CT molecular complexity index is 2490. The molecule has 0 radical (unpaired) electrons. The normalized spacial score (nSPS) is 14.3. The van der Waals surface area contributed by atoms with Crippen molar-refractivity contribution in [1.82, 2.24) is 0 Å². The zero-order valence-corrected chi connectivity index (χ0v) is 74.1. The van der Waals surface area contributed by atoms with Crippen LogP contribution in [0.25, 0.3) is 0 Å². The Labute approximate surface area is 691 Å². The van der Waals surface area contributed by atoms with E-state index < -0.39 is 91.5 Å². The molecule has 16 nitrogen and oxygen atoms in total. The second-order valence-corrected chi connectivity index (χ2v) is 34.0. The lowest BCUT2D eigenvalue weighted by atomic mass is 10.0. The number of hydrogen-bond donors (Lipinski definition) is 4. The van der Waals surface area contributed by atoms with Crippen LogP contribution in [0.2, 0.25) is 0 Å². The van der Waals surface area contributed by atoms with Crippen LogP contribution in [0.1, 0.15) is 419 Å². The Morgan fingerprint density at radius 3 is 0.761 bits per heavy atom. The van der Waals surface area contributed by atoms with Crippen molar-refractivity contribution in [1.29, 1.82) is 0 Å². The molecule has 0 aromatic rings. The number of phosphoric ester groups is 2. The highest BCUT2D eigenvalue weighted by atomic mass is 31.2. The molecule has 0 aliphatic heterocycles. The van der Waals surface area contributed by atoms with Crippen molar-refractivity contribution in [3.05, 3.63) is 109 Å². The lowest BCUT2D eigenvalue weighted by Crippen LogP contribution is -2.30. The zero-order valence-electron chi connectivity index (χ0n) is 72.3. The van der Waals surface area contributed by atoms with Crippen LogP contribution in [0.4, 0.5) is 0 Å². The first-order chi connectivity index (χ1) is 55.2. The summed E-state index contributed by atoms with van der Waals surface area (Å²) in [6.45, 7) is 2.62. The number of unbranched alkanes of at least 4 members (excludes halogenated alkanes) is 47. The Morgan fingerprint density at radius 2 is 0.469 bits per heavy atom. The van der Waals surface area contributed by atoms with Gasteiger partial charge in [-0.15, -0.1) is 0 Å². The smallest absolute Gasteiger partial charge is 0.463 e. The summed E-state index contributed by atoms with van der Waals surface area (Å²) >= 11 is 0. The number of rotatable bonds is 88. The number of carbonyl (C=O) groups excluding carboxylic acids is 3. The number of phosphoric acid groups is 2. The highest BCUT2D eigenvalue weighted by Gasteiger charge is 2.29. The van der Waals surface area contributed by atoms with Gasteiger partial charge in [-0.25, -0.2) is 9.13 Å². The summed E-state index contributed by atoms with van der Waals surface area (Å²) in [6, 6.07) is 0. The first-order valence-electron chi connectivity index (χ1n) is 46.2. The molecule has 113 heavy (non-hydrogen) atoms. The third-order valence-electron chi connectivity index (χ3n) is 20.0. The molecule has 0 rings (SSSR count). The minimum Gasteiger partial charge on any atom is -0.463 e. The summed E-state index contributed by atoms with van der Waals surface area (Å²) in [5.74, 6) is -1.55. The fraction of sp³-hybridized carbons (Fsp3) is 0.779. The van der Waals surface area contributed by atoms with E-state index in [2.05, 4.69) is 130 Å². The molecule has 0 fully saturated rings. The first-order valence-corrected chi connectivity index (χ1v) is 49.2. The van der Waals surface area contributed by atoms with Crippen LogP contribution in [0, 0.1) is 0 Å². The molecule has 0 aliphatic rings. The summed E-state index contributed by atoms with van der Waals surface area (Å²) < 4.78 is 61.4. The molecule has 0 saturated heterocycles. The summed E-state index contributed by atoms with van der Waals surface area (Å²) in [5.41, 5.74) is 0. The summed E-state index contributed by atoms with van der Waals surface area (Å²) in [6.07, 6.45) is 106. The highest BCUT2D eigenvalue weighted by molar-refractivity contribution is 7.47. The van der Waals surface area contributed by atoms with Crippen LogP contribution in [0.3, 0.4) is 0 Å². The summed E-state index contributed by atoms with van der Waals surface area (Å²) in [7, 11) is -9.79. The van der Waals surface area contributed by atoms with E-state index in [1.807, 2.05) is 0 Å². The minimum absolute atomic E-state index is 0.110. The molecule has 4 N–H and O–H groups in total. The first kappa shape index (κ1) is 109. The largest absolute Gasteiger partial charge is 0.472 e. The van der Waals surface area contributed by atoms with Crippen LogP contribution >= 0.6 is 15.6 Å². The minimum atomic E-state index is -4.93. The number of aliphatic hydroxyl groups is 2. The molecule has 18 heteroatoms. The van der Waals surface area contributed by atoms with Gasteiger partial charge >= 0.3 is 33.6 Å². The van der Waals surface area contributed by atoms with E-state index in [0.29, 0.717) is 19.3 Å². The van der Waals surface area contributed by atoms with E-state index in [0.717, 1.165) is 116 Å². The van der Waals surface area contributed by atoms with E-state index in [4.69, 9.17) is 32.3 Å². The predicted molar refractivity (Wildman–Crippen MR) is 473 cm³/mol. The molecule has 0 aromatic carbocycles. The van der Waals surface area contributed by atoms with Crippen LogP contribution in [0.15, 0.2) is 109 Å². The van der Waals surface area contributed by atoms with Gasteiger partial charge in [0.05, 0.1) is 26.4 Å². The lowest BCUT2D eigenvalue weighted by molar-refractivity contribution is -0.161. The fourth-order valence-electron chi connectivity index (χ4n) is 13.0. The molecular formula is C95H170O16P2. The molecule has 0 amide bonds. The molecule has 0 heterocycles. The number of ether oxygens (including phenoxy) is 3. The summed E-state index contributed by atoms with van der Waals surface area (Å²) in [5, 5.41) is 20.7. The van der Waals surface area contributed by atoms with Gasteiger partial charge in [0, 0.05) is 19.3 Å². The van der Waals surface area contributed by atoms with Gasteiger partial charge in [-0.2, -0.15) is 0 Å². The van der Waals surface area contributed by atoms with Crippen molar-refractivity contribution in [2.45, 2.75) is 437 Å². The second kappa shape index (κ2) is 87.5. The van der Waals surface area contributed by atoms with Crippen LogP contribution in [-0.2, 0) is 55.8 Å². The van der Waals surface area contributed by atoms with Crippen molar-refractivity contribution in [3.8, 4) is 0 Å². The van der Waals surface area contributed by atoms with E-state index >= 15 is 0 Å². The Balaban J connectivity index is 4.38. The third-order valence-corrected chi connectivity index (χ3v) is 21.9. The Hall–Kier alpha value is -3.79. The molecule has 5 atom stereocenters. The quantitative estimate of drug-likeness (QED) is 0.0146. The fourth-order valence-corrected chi connectivity index (χ4v) is 14.6.